The number of halogens is 1. The van der Waals surface area contributed by atoms with Gasteiger partial charge >= 0.3 is 5.97 Å². The van der Waals surface area contributed by atoms with Gasteiger partial charge in [-0.25, -0.2) is 4.39 Å². The fraction of sp³-hybridized carbons (Fsp3) is 0.500. The highest BCUT2D eigenvalue weighted by Crippen LogP contribution is 2.45. The summed E-state index contributed by atoms with van der Waals surface area (Å²) in [5.74, 6) is -2.42. The summed E-state index contributed by atoms with van der Waals surface area (Å²) in [4.78, 5) is 11.4. The van der Waals surface area contributed by atoms with Gasteiger partial charge in [0, 0.05) is 0 Å². The van der Waals surface area contributed by atoms with E-state index in [9.17, 15) is 19.4 Å². The van der Waals surface area contributed by atoms with Crippen molar-refractivity contribution in [1.82, 2.24) is 0 Å². The maximum absolute atomic E-state index is 13.1. The molecule has 18 heavy (non-hydrogen) atoms. The van der Waals surface area contributed by atoms with Crippen molar-refractivity contribution in [3.63, 3.8) is 0 Å². The zero-order valence-corrected chi connectivity index (χ0v) is 10.5. The van der Waals surface area contributed by atoms with Crippen LogP contribution in [-0.4, -0.2) is 16.2 Å². The Hall–Kier alpha value is -1.42. The molecule has 98 valence electrons. The Morgan fingerprint density at radius 2 is 2.11 bits per heavy atom. The van der Waals surface area contributed by atoms with E-state index in [1.807, 2.05) is 0 Å². The summed E-state index contributed by atoms with van der Waals surface area (Å²) in [5.41, 5.74) is -0.113. The highest BCUT2D eigenvalue weighted by Gasteiger charge is 2.48. The number of aryl methyl sites for hydroxylation is 1. The summed E-state index contributed by atoms with van der Waals surface area (Å²) in [6.07, 6.45) is 0.848. The van der Waals surface area contributed by atoms with Gasteiger partial charge in [0.2, 0.25) is 0 Å². The third kappa shape index (κ3) is 1.90. The molecule has 0 bridgehead atoms. The molecule has 0 aliphatic heterocycles. The van der Waals surface area contributed by atoms with Crippen molar-refractivity contribution in [2.45, 2.75) is 32.3 Å². The molecule has 0 fully saturated rings. The van der Waals surface area contributed by atoms with Crippen LogP contribution >= 0.6 is 0 Å². The summed E-state index contributed by atoms with van der Waals surface area (Å²) in [5, 5.41) is 20.0. The Bertz CT molecular complexity index is 484. The van der Waals surface area contributed by atoms with Crippen molar-refractivity contribution < 1.29 is 19.4 Å². The van der Waals surface area contributed by atoms with Gasteiger partial charge < -0.3 is 10.2 Å². The Labute approximate surface area is 105 Å². The van der Waals surface area contributed by atoms with Gasteiger partial charge in [-0.15, -0.1) is 0 Å². The highest BCUT2D eigenvalue weighted by atomic mass is 19.1. The van der Waals surface area contributed by atoms with Gasteiger partial charge in [-0.2, -0.15) is 0 Å². The average molecular weight is 252 g/mol. The van der Waals surface area contributed by atoms with E-state index in [-0.39, 0.29) is 11.7 Å². The first kappa shape index (κ1) is 13.0. The zero-order chi connectivity index (χ0) is 13.5. The number of benzene rings is 1. The van der Waals surface area contributed by atoms with Crippen LogP contribution in [0.3, 0.4) is 0 Å². The summed E-state index contributed by atoms with van der Waals surface area (Å²) in [6, 6.07) is 4.16. The molecule has 1 aliphatic rings. The molecular formula is C14H17FO3. The number of fused-ring (bicyclic) bond motifs is 1. The maximum Gasteiger partial charge on any atom is 0.310 e. The molecule has 1 aromatic rings. The molecule has 1 aliphatic carbocycles. The lowest BCUT2D eigenvalue weighted by Gasteiger charge is -2.33. The second kappa shape index (κ2) is 4.35. The normalized spacial score (nSPS) is 24.1. The maximum atomic E-state index is 13.1. The standard InChI is InChI=1S/C14H17FO3/c1-8(2)12(13(16)17)14(18)6-5-9-7-10(15)3-4-11(9)14/h3-4,7-8,12,18H,5-6H2,1-2H3,(H,16,17). The molecule has 0 saturated carbocycles. The van der Waals surface area contributed by atoms with Crippen molar-refractivity contribution in [1.29, 1.82) is 0 Å². The van der Waals surface area contributed by atoms with Crippen LogP contribution < -0.4 is 0 Å². The highest BCUT2D eigenvalue weighted by molar-refractivity contribution is 5.73. The first-order valence-corrected chi connectivity index (χ1v) is 6.10. The number of rotatable bonds is 3. The Kier molecular flexibility index (Phi) is 3.15. The van der Waals surface area contributed by atoms with E-state index in [1.165, 1.54) is 18.2 Å². The van der Waals surface area contributed by atoms with E-state index in [0.29, 0.717) is 24.0 Å². The summed E-state index contributed by atoms with van der Waals surface area (Å²) in [6.45, 7) is 3.55. The second-order valence-electron chi connectivity index (χ2n) is 5.29. The molecule has 2 N–H and O–H groups in total. The molecule has 0 spiro atoms. The Morgan fingerprint density at radius 1 is 1.44 bits per heavy atom. The van der Waals surface area contributed by atoms with E-state index in [2.05, 4.69) is 0 Å². The minimum Gasteiger partial charge on any atom is -0.481 e. The van der Waals surface area contributed by atoms with Gasteiger partial charge in [-0.3, -0.25) is 4.79 Å². The lowest BCUT2D eigenvalue weighted by Crippen LogP contribution is -2.41. The first-order chi connectivity index (χ1) is 8.36. The van der Waals surface area contributed by atoms with Gasteiger partial charge in [0.15, 0.2) is 0 Å². The number of carboxylic acid groups (broad SMARTS) is 1. The molecule has 2 atom stereocenters. The number of carboxylic acids is 1. The molecule has 2 unspecified atom stereocenters. The second-order valence-corrected chi connectivity index (χ2v) is 5.29. The van der Waals surface area contributed by atoms with Crippen LogP contribution in [0.1, 0.15) is 31.4 Å². The predicted molar refractivity (Wildman–Crippen MR) is 64.6 cm³/mol. The number of hydrogen-bond donors (Lipinski definition) is 2. The van der Waals surface area contributed by atoms with E-state index in [0.717, 1.165) is 0 Å². The lowest BCUT2D eigenvalue weighted by atomic mass is 9.76. The molecule has 1 aromatic carbocycles. The lowest BCUT2D eigenvalue weighted by molar-refractivity contribution is -0.156. The molecule has 4 heteroatoms. The fourth-order valence-corrected chi connectivity index (χ4v) is 3.02. The van der Waals surface area contributed by atoms with Crippen LogP contribution in [0.5, 0.6) is 0 Å². The minimum absolute atomic E-state index is 0.191. The van der Waals surface area contributed by atoms with Crippen LogP contribution in [0, 0.1) is 17.7 Å². The van der Waals surface area contributed by atoms with E-state index < -0.39 is 17.5 Å². The molecule has 2 rings (SSSR count). The van der Waals surface area contributed by atoms with Gasteiger partial charge in [-0.05, 0) is 42.0 Å². The van der Waals surface area contributed by atoms with Crippen LogP contribution in [0.2, 0.25) is 0 Å². The molecule has 0 amide bonds. The number of aliphatic hydroxyl groups is 1. The number of hydrogen-bond acceptors (Lipinski definition) is 2. The fourth-order valence-electron chi connectivity index (χ4n) is 3.02. The smallest absolute Gasteiger partial charge is 0.310 e. The quantitative estimate of drug-likeness (QED) is 0.868. The summed E-state index contributed by atoms with van der Waals surface area (Å²) in [7, 11) is 0. The van der Waals surface area contributed by atoms with Crippen LogP contribution in [0.25, 0.3) is 0 Å². The van der Waals surface area contributed by atoms with E-state index >= 15 is 0 Å². The molecule has 3 nitrogen and oxygen atoms in total. The summed E-state index contributed by atoms with van der Waals surface area (Å²) < 4.78 is 13.1. The number of aliphatic carboxylic acids is 1. The molecular weight excluding hydrogens is 235 g/mol. The van der Waals surface area contributed by atoms with Crippen molar-refractivity contribution in [3.8, 4) is 0 Å². The largest absolute Gasteiger partial charge is 0.481 e. The third-order valence-electron chi connectivity index (χ3n) is 3.76. The molecule has 0 heterocycles. The Morgan fingerprint density at radius 3 is 2.67 bits per heavy atom. The van der Waals surface area contributed by atoms with Crippen LogP contribution in [0.4, 0.5) is 4.39 Å². The number of carbonyl (C=O) groups is 1. The Balaban J connectivity index is 2.49. The van der Waals surface area contributed by atoms with Crippen molar-refractivity contribution in [2.75, 3.05) is 0 Å². The van der Waals surface area contributed by atoms with Gasteiger partial charge in [-0.1, -0.05) is 19.9 Å². The minimum atomic E-state index is -1.39. The van der Waals surface area contributed by atoms with Gasteiger partial charge in [0.05, 0.1) is 5.92 Å². The molecule has 0 aromatic heterocycles. The van der Waals surface area contributed by atoms with Crippen molar-refractivity contribution in [2.24, 2.45) is 11.8 Å². The molecule has 0 saturated heterocycles. The first-order valence-electron chi connectivity index (χ1n) is 6.10. The SMILES string of the molecule is CC(C)C(C(=O)O)C1(O)CCc2cc(F)ccc21. The van der Waals surface area contributed by atoms with Crippen molar-refractivity contribution >= 4 is 5.97 Å². The summed E-state index contributed by atoms with van der Waals surface area (Å²) >= 11 is 0. The van der Waals surface area contributed by atoms with Crippen LogP contribution in [-0.2, 0) is 16.8 Å². The topological polar surface area (TPSA) is 57.5 Å². The monoisotopic (exact) mass is 252 g/mol. The van der Waals surface area contributed by atoms with Crippen LogP contribution in [0.15, 0.2) is 18.2 Å². The predicted octanol–water partition coefficient (Wildman–Crippen LogP) is 2.32. The van der Waals surface area contributed by atoms with E-state index in [1.54, 1.807) is 13.8 Å². The zero-order valence-electron chi connectivity index (χ0n) is 10.5. The average Bonchev–Trinajstić information content (AvgIpc) is 2.55. The van der Waals surface area contributed by atoms with Gasteiger partial charge in [0.1, 0.15) is 11.4 Å². The van der Waals surface area contributed by atoms with E-state index in [4.69, 9.17) is 0 Å². The molecule has 0 radical (unpaired) electrons. The van der Waals surface area contributed by atoms with Crippen molar-refractivity contribution in [3.05, 3.63) is 35.1 Å². The third-order valence-corrected chi connectivity index (χ3v) is 3.76. The van der Waals surface area contributed by atoms with Gasteiger partial charge in [0.25, 0.3) is 0 Å².